The van der Waals surface area contributed by atoms with Crippen molar-refractivity contribution >= 4 is 15.9 Å². The number of fused-ring (bicyclic) bond motifs is 1. The van der Waals surface area contributed by atoms with Crippen molar-refractivity contribution in [3.8, 4) is 11.5 Å². The summed E-state index contributed by atoms with van der Waals surface area (Å²) in [5, 5.41) is 0. The molecule has 0 saturated carbocycles. The third-order valence-electron chi connectivity index (χ3n) is 6.70. The third-order valence-corrected chi connectivity index (χ3v) is 8.62. The Balaban J connectivity index is 1.17. The zero-order valence-corrected chi connectivity index (χ0v) is 19.5. The van der Waals surface area contributed by atoms with Crippen molar-refractivity contribution < 1.29 is 27.6 Å². The van der Waals surface area contributed by atoms with E-state index in [0.29, 0.717) is 31.7 Å². The van der Waals surface area contributed by atoms with E-state index in [9.17, 15) is 13.2 Å². The Morgan fingerprint density at radius 3 is 2.30 bits per heavy atom. The number of piperidine rings is 1. The summed E-state index contributed by atoms with van der Waals surface area (Å²) in [5.74, 6) is 1.55. The molecule has 0 aromatic heterocycles. The number of quaternary nitrogens is 1. The number of hydrogen-bond donors (Lipinski definition) is 1. The van der Waals surface area contributed by atoms with Crippen molar-refractivity contribution in [2.24, 2.45) is 0 Å². The average molecular weight is 473 g/mol. The molecule has 2 aromatic carbocycles. The van der Waals surface area contributed by atoms with Crippen molar-refractivity contribution in [1.29, 1.82) is 0 Å². The first-order chi connectivity index (χ1) is 16.0. The number of carbonyl (C=O) groups excluding carboxylic acids is 1. The molecule has 1 amide bonds. The summed E-state index contributed by atoms with van der Waals surface area (Å²) < 4.78 is 38.1. The Bertz CT molecular complexity index is 1110. The number of nitrogens with one attached hydrogen (secondary N) is 1. The SMILES string of the molecule is O=C(c1ccc(S(=O)(=O)N2CCCCC2)cc1)N1CC[NH+](Cc2ccc3c(c2)OCO3)CC1. The summed E-state index contributed by atoms with van der Waals surface area (Å²) >= 11 is 0. The molecular weight excluding hydrogens is 442 g/mol. The van der Waals surface area contributed by atoms with Gasteiger partial charge in [0.15, 0.2) is 11.5 Å². The van der Waals surface area contributed by atoms with Crippen LogP contribution in [-0.4, -0.2) is 69.6 Å². The van der Waals surface area contributed by atoms with E-state index in [1.54, 1.807) is 28.6 Å². The molecule has 0 atom stereocenters. The fraction of sp³-hybridized carbons (Fsp3) is 0.458. The highest BCUT2D eigenvalue weighted by atomic mass is 32.2. The molecule has 3 heterocycles. The predicted octanol–water partition coefficient (Wildman–Crippen LogP) is 1.13. The maximum absolute atomic E-state index is 13.0. The molecule has 33 heavy (non-hydrogen) atoms. The maximum atomic E-state index is 13.0. The Morgan fingerprint density at radius 1 is 0.879 bits per heavy atom. The third kappa shape index (κ3) is 4.71. The maximum Gasteiger partial charge on any atom is 0.254 e. The number of piperazine rings is 1. The summed E-state index contributed by atoms with van der Waals surface area (Å²) in [5.41, 5.74) is 1.73. The van der Waals surface area contributed by atoms with Crippen LogP contribution in [0.2, 0.25) is 0 Å². The molecule has 0 spiro atoms. The normalized spacial score (nSPS) is 19.6. The smallest absolute Gasteiger partial charge is 0.254 e. The van der Waals surface area contributed by atoms with Gasteiger partial charge in [0.1, 0.15) is 6.54 Å². The van der Waals surface area contributed by atoms with Crippen molar-refractivity contribution in [1.82, 2.24) is 9.21 Å². The molecule has 0 unspecified atom stereocenters. The van der Waals surface area contributed by atoms with E-state index in [1.165, 1.54) is 10.5 Å². The summed E-state index contributed by atoms with van der Waals surface area (Å²) in [6.45, 7) is 5.37. The van der Waals surface area contributed by atoms with Gasteiger partial charge in [0.2, 0.25) is 16.8 Å². The van der Waals surface area contributed by atoms with Gasteiger partial charge < -0.3 is 19.3 Å². The number of amides is 1. The van der Waals surface area contributed by atoms with Gasteiger partial charge in [-0.3, -0.25) is 4.79 Å². The standard InChI is InChI=1S/C24H29N3O5S/c28-24(20-5-7-21(8-6-20)33(29,30)27-10-2-1-3-11-27)26-14-12-25(13-15-26)17-19-4-9-22-23(16-19)32-18-31-22/h4-9,16H,1-3,10-15,17-18H2/p+1. The molecule has 8 nitrogen and oxygen atoms in total. The summed E-state index contributed by atoms with van der Waals surface area (Å²) in [6, 6.07) is 12.5. The van der Waals surface area contributed by atoms with Crippen LogP contribution in [0.4, 0.5) is 0 Å². The number of nitrogens with zero attached hydrogens (tertiary/aromatic N) is 2. The zero-order valence-electron chi connectivity index (χ0n) is 18.7. The number of benzene rings is 2. The predicted molar refractivity (Wildman–Crippen MR) is 122 cm³/mol. The van der Waals surface area contributed by atoms with Gasteiger partial charge in [-0.2, -0.15) is 4.31 Å². The van der Waals surface area contributed by atoms with Crippen LogP contribution in [0.15, 0.2) is 47.4 Å². The summed E-state index contributed by atoms with van der Waals surface area (Å²) in [4.78, 5) is 16.5. The molecule has 9 heteroatoms. The lowest BCUT2D eigenvalue weighted by Crippen LogP contribution is -3.13. The van der Waals surface area contributed by atoms with E-state index < -0.39 is 10.0 Å². The largest absolute Gasteiger partial charge is 0.454 e. The Labute approximate surface area is 194 Å². The molecule has 3 aliphatic rings. The lowest BCUT2D eigenvalue weighted by Gasteiger charge is -2.32. The molecule has 0 aliphatic carbocycles. The minimum absolute atomic E-state index is 0.0425. The van der Waals surface area contributed by atoms with Gasteiger partial charge in [-0.25, -0.2) is 8.42 Å². The molecular formula is C24H30N3O5S+. The number of sulfonamides is 1. The van der Waals surface area contributed by atoms with Gasteiger partial charge in [-0.05, 0) is 55.3 Å². The fourth-order valence-electron chi connectivity index (χ4n) is 4.75. The topological polar surface area (TPSA) is 80.6 Å². The van der Waals surface area contributed by atoms with Crippen molar-refractivity contribution in [3.63, 3.8) is 0 Å². The van der Waals surface area contributed by atoms with Crippen LogP contribution in [0.3, 0.4) is 0 Å². The van der Waals surface area contributed by atoms with Crippen molar-refractivity contribution in [2.45, 2.75) is 30.7 Å². The van der Waals surface area contributed by atoms with Crippen LogP contribution in [0, 0.1) is 0 Å². The molecule has 2 fully saturated rings. The van der Waals surface area contributed by atoms with Gasteiger partial charge in [0, 0.05) is 24.2 Å². The van der Waals surface area contributed by atoms with E-state index in [0.717, 1.165) is 50.4 Å². The van der Waals surface area contributed by atoms with E-state index in [4.69, 9.17) is 9.47 Å². The summed E-state index contributed by atoms with van der Waals surface area (Å²) in [7, 11) is -3.48. The van der Waals surface area contributed by atoms with Crippen LogP contribution in [0.25, 0.3) is 0 Å². The Kier molecular flexibility index (Phi) is 6.27. The molecule has 0 bridgehead atoms. The first kappa shape index (κ1) is 22.2. The second-order valence-electron chi connectivity index (χ2n) is 8.90. The van der Waals surface area contributed by atoms with Gasteiger partial charge >= 0.3 is 0 Å². The van der Waals surface area contributed by atoms with Gasteiger partial charge in [-0.15, -0.1) is 0 Å². The first-order valence-electron chi connectivity index (χ1n) is 11.6. The van der Waals surface area contributed by atoms with Gasteiger partial charge in [0.25, 0.3) is 5.91 Å². The molecule has 176 valence electrons. The first-order valence-corrected chi connectivity index (χ1v) is 13.1. The zero-order chi connectivity index (χ0) is 22.8. The quantitative estimate of drug-likeness (QED) is 0.706. The van der Waals surface area contributed by atoms with Crippen LogP contribution < -0.4 is 14.4 Å². The second-order valence-corrected chi connectivity index (χ2v) is 10.8. The van der Waals surface area contributed by atoms with E-state index in [-0.39, 0.29) is 17.6 Å². The number of rotatable bonds is 5. The molecule has 3 aliphatic heterocycles. The molecule has 0 radical (unpaired) electrons. The average Bonchev–Trinajstić information content (AvgIpc) is 3.33. The highest BCUT2D eigenvalue weighted by Gasteiger charge is 2.28. The second kappa shape index (κ2) is 9.32. The number of ether oxygens (including phenoxy) is 2. The molecule has 2 saturated heterocycles. The molecule has 2 aromatic rings. The van der Waals surface area contributed by atoms with Crippen LogP contribution >= 0.6 is 0 Å². The Morgan fingerprint density at radius 2 is 1.58 bits per heavy atom. The Hall–Kier alpha value is -2.62. The van der Waals surface area contributed by atoms with E-state index in [2.05, 4.69) is 6.07 Å². The molecule has 1 N–H and O–H groups in total. The lowest BCUT2D eigenvalue weighted by molar-refractivity contribution is -0.917. The monoisotopic (exact) mass is 472 g/mol. The lowest BCUT2D eigenvalue weighted by atomic mass is 10.1. The van der Waals surface area contributed by atoms with Crippen LogP contribution in [0.5, 0.6) is 11.5 Å². The van der Waals surface area contributed by atoms with Crippen molar-refractivity contribution in [2.75, 3.05) is 46.1 Å². The number of carbonyl (C=O) groups is 1. The van der Waals surface area contributed by atoms with E-state index in [1.807, 2.05) is 17.0 Å². The van der Waals surface area contributed by atoms with Crippen LogP contribution in [0.1, 0.15) is 35.2 Å². The number of hydrogen-bond acceptors (Lipinski definition) is 5. The minimum Gasteiger partial charge on any atom is -0.454 e. The van der Waals surface area contributed by atoms with Crippen molar-refractivity contribution in [3.05, 3.63) is 53.6 Å². The highest BCUT2D eigenvalue weighted by molar-refractivity contribution is 7.89. The van der Waals surface area contributed by atoms with Crippen LogP contribution in [-0.2, 0) is 16.6 Å². The molecule has 5 rings (SSSR count). The highest BCUT2D eigenvalue weighted by Crippen LogP contribution is 2.32. The van der Waals surface area contributed by atoms with E-state index >= 15 is 0 Å². The van der Waals surface area contributed by atoms with Gasteiger partial charge in [0.05, 0.1) is 31.1 Å². The van der Waals surface area contributed by atoms with Gasteiger partial charge in [-0.1, -0.05) is 6.42 Å². The fourth-order valence-corrected chi connectivity index (χ4v) is 6.27. The minimum atomic E-state index is -3.48. The summed E-state index contributed by atoms with van der Waals surface area (Å²) in [6.07, 6.45) is 2.88.